The second-order valence-electron chi connectivity index (χ2n) is 7.36. The van der Waals surface area contributed by atoms with Crippen molar-refractivity contribution < 1.29 is 14.6 Å². The fraction of sp³-hybridized carbons (Fsp3) is 0.632. The zero-order valence-corrected chi connectivity index (χ0v) is 12.9. The fourth-order valence-corrected chi connectivity index (χ4v) is 5.59. The molecule has 0 spiro atoms. The van der Waals surface area contributed by atoms with Crippen molar-refractivity contribution in [3.8, 4) is 0 Å². The van der Waals surface area contributed by atoms with Crippen molar-refractivity contribution in [3.05, 3.63) is 35.9 Å². The molecule has 3 aliphatic carbocycles. The highest BCUT2D eigenvalue weighted by molar-refractivity contribution is 5.73. The first kappa shape index (κ1) is 14.3. The zero-order valence-electron chi connectivity index (χ0n) is 12.9. The van der Waals surface area contributed by atoms with Crippen LogP contribution in [-0.4, -0.2) is 17.7 Å². The predicted molar refractivity (Wildman–Crippen MR) is 82.7 cm³/mol. The van der Waals surface area contributed by atoms with Crippen molar-refractivity contribution in [2.75, 3.05) is 6.61 Å². The van der Waals surface area contributed by atoms with Gasteiger partial charge >= 0.3 is 5.97 Å². The molecule has 118 valence electrons. The monoisotopic (exact) mass is 300 g/mol. The maximum absolute atomic E-state index is 12.5. The van der Waals surface area contributed by atoms with E-state index in [9.17, 15) is 9.90 Å². The van der Waals surface area contributed by atoms with E-state index in [1.165, 1.54) is 12.8 Å². The SMILES string of the molecule is O=C(OCc1ccccc1)C1CC2CC1C1CCC(CO)C21. The lowest BCUT2D eigenvalue weighted by molar-refractivity contribution is -0.153. The van der Waals surface area contributed by atoms with E-state index in [1.807, 2.05) is 30.3 Å². The topological polar surface area (TPSA) is 46.5 Å². The molecular weight excluding hydrogens is 276 g/mol. The molecule has 3 saturated carbocycles. The highest BCUT2D eigenvalue weighted by atomic mass is 16.5. The third-order valence-electron chi connectivity index (χ3n) is 6.41. The molecule has 1 aromatic rings. The van der Waals surface area contributed by atoms with Crippen LogP contribution in [0.25, 0.3) is 0 Å². The van der Waals surface area contributed by atoms with Crippen molar-refractivity contribution in [2.24, 2.45) is 35.5 Å². The van der Waals surface area contributed by atoms with E-state index in [0.29, 0.717) is 42.8 Å². The third kappa shape index (κ3) is 2.26. The molecule has 0 saturated heterocycles. The van der Waals surface area contributed by atoms with Crippen LogP contribution in [0.1, 0.15) is 31.2 Å². The maximum atomic E-state index is 12.5. The van der Waals surface area contributed by atoms with Gasteiger partial charge in [0.1, 0.15) is 6.61 Å². The molecule has 3 nitrogen and oxygen atoms in total. The molecule has 0 aliphatic heterocycles. The van der Waals surface area contributed by atoms with Gasteiger partial charge in [-0.25, -0.2) is 0 Å². The summed E-state index contributed by atoms with van der Waals surface area (Å²) in [6.45, 7) is 0.717. The number of fused-ring (bicyclic) bond motifs is 5. The molecule has 1 N–H and O–H groups in total. The molecule has 6 unspecified atom stereocenters. The van der Waals surface area contributed by atoms with Crippen LogP contribution in [0.4, 0.5) is 0 Å². The Labute approximate surface area is 131 Å². The van der Waals surface area contributed by atoms with Crippen LogP contribution in [0.15, 0.2) is 30.3 Å². The highest BCUT2D eigenvalue weighted by Crippen LogP contribution is 2.62. The first-order chi connectivity index (χ1) is 10.8. The Bertz CT molecular complexity index is 541. The largest absolute Gasteiger partial charge is 0.461 e. The summed E-state index contributed by atoms with van der Waals surface area (Å²) in [5.41, 5.74) is 1.05. The van der Waals surface area contributed by atoms with Crippen LogP contribution >= 0.6 is 0 Å². The zero-order chi connectivity index (χ0) is 15.1. The lowest BCUT2D eigenvalue weighted by atomic mass is 9.73. The van der Waals surface area contributed by atoms with Crippen molar-refractivity contribution in [2.45, 2.75) is 32.3 Å². The minimum absolute atomic E-state index is 0.00208. The first-order valence-corrected chi connectivity index (χ1v) is 8.59. The number of aliphatic hydroxyl groups excluding tert-OH is 1. The molecule has 1 aromatic carbocycles. The van der Waals surface area contributed by atoms with Crippen LogP contribution in [0, 0.1) is 35.5 Å². The molecule has 3 heteroatoms. The van der Waals surface area contributed by atoms with Crippen LogP contribution in [0.2, 0.25) is 0 Å². The molecule has 2 bridgehead atoms. The Hall–Kier alpha value is -1.35. The molecule has 0 aromatic heterocycles. The van der Waals surface area contributed by atoms with Crippen molar-refractivity contribution in [1.29, 1.82) is 0 Å². The Morgan fingerprint density at radius 2 is 1.95 bits per heavy atom. The van der Waals surface area contributed by atoms with E-state index in [0.717, 1.165) is 18.4 Å². The number of rotatable bonds is 4. The van der Waals surface area contributed by atoms with Gasteiger partial charge in [-0.3, -0.25) is 4.79 Å². The average Bonchev–Trinajstić information content (AvgIpc) is 3.24. The van der Waals surface area contributed by atoms with E-state index in [2.05, 4.69) is 0 Å². The molecule has 22 heavy (non-hydrogen) atoms. The number of carbonyl (C=O) groups excluding carboxylic acids is 1. The van der Waals surface area contributed by atoms with Crippen molar-refractivity contribution >= 4 is 5.97 Å². The number of aliphatic hydroxyl groups is 1. The summed E-state index contributed by atoms with van der Waals surface area (Å²) >= 11 is 0. The number of hydrogen-bond acceptors (Lipinski definition) is 3. The molecule has 0 radical (unpaired) electrons. The van der Waals surface area contributed by atoms with Crippen LogP contribution in [0.5, 0.6) is 0 Å². The minimum atomic E-state index is 0.00208. The van der Waals surface area contributed by atoms with Crippen LogP contribution in [-0.2, 0) is 16.1 Å². The van der Waals surface area contributed by atoms with E-state index in [1.54, 1.807) is 0 Å². The summed E-state index contributed by atoms with van der Waals surface area (Å²) in [5, 5.41) is 9.53. The summed E-state index contributed by atoms with van der Waals surface area (Å²) in [6.07, 6.45) is 4.50. The van der Waals surface area contributed by atoms with Gasteiger partial charge in [0, 0.05) is 6.61 Å². The van der Waals surface area contributed by atoms with Gasteiger partial charge in [-0.05, 0) is 60.8 Å². The van der Waals surface area contributed by atoms with Gasteiger partial charge in [0.05, 0.1) is 5.92 Å². The normalized spacial score (nSPS) is 39.0. The maximum Gasteiger partial charge on any atom is 0.309 e. The summed E-state index contributed by atoms with van der Waals surface area (Å²) < 4.78 is 5.58. The standard InChI is InChI=1S/C19H24O3/c20-10-13-6-7-15-16-8-14(18(13)15)9-17(16)19(21)22-11-12-4-2-1-3-5-12/h1-5,13-18,20H,6-11H2. The number of ether oxygens (including phenoxy) is 1. The smallest absolute Gasteiger partial charge is 0.309 e. The third-order valence-corrected chi connectivity index (χ3v) is 6.41. The number of esters is 1. The molecule has 4 rings (SSSR count). The summed E-state index contributed by atoms with van der Waals surface area (Å²) in [7, 11) is 0. The lowest BCUT2D eigenvalue weighted by Crippen LogP contribution is -2.33. The van der Waals surface area contributed by atoms with E-state index in [4.69, 9.17) is 4.74 Å². The van der Waals surface area contributed by atoms with Gasteiger partial charge in [0.25, 0.3) is 0 Å². The molecule has 3 fully saturated rings. The van der Waals surface area contributed by atoms with Crippen LogP contribution in [0.3, 0.4) is 0 Å². The van der Waals surface area contributed by atoms with Crippen molar-refractivity contribution in [3.63, 3.8) is 0 Å². The summed E-state index contributed by atoms with van der Waals surface area (Å²) in [4.78, 5) is 12.5. The molecule has 6 atom stereocenters. The van der Waals surface area contributed by atoms with Gasteiger partial charge in [-0.2, -0.15) is 0 Å². The summed E-state index contributed by atoms with van der Waals surface area (Å²) in [5.74, 6) is 3.08. The average molecular weight is 300 g/mol. The Morgan fingerprint density at radius 1 is 1.14 bits per heavy atom. The Kier molecular flexibility index (Phi) is 3.69. The van der Waals surface area contributed by atoms with Gasteiger partial charge in [-0.1, -0.05) is 30.3 Å². The van der Waals surface area contributed by atoms with Crippen LogP contribution < -0.4 is 0 Å². The van der Waals surface area contributed by atoms with E-state index in [-0.39, 0.29) is 11.9 Å². The highest BCUT2D eigenvalue weighted by Gasteiger charge is 2.58. The second-order valence-corrected chi connectivity index (χ2v) is 7.36. The van der Waals surface area contributed by atoms with E-state index >= 15 is 0 Å². The van der Waals surface area contributed by atoms with Crippen molar-refractivity contribution in [1.82, 2.24) is 0 Å². The quantitative estimate of drug-likeness (QED) is 0.870. The lowest BCUT2D eigenvalue weighted by Gasteiger charge is -2.32. The predicted octanol–water partition coefficient (Wildman–Crippen LogP) is 3.02. The van der Waals surface area contributed by atoms with Gasteiger partial charge in [-0.15, -0.1) is 0 Å². The van der Waals surface area contributed by atoms with E-state index < -0.39 is 0 Å². The van der Waals surface area contributed by atoms with Gasteiger partial charge in [0.2, 0.25) is 0 Å². The first-order valence-electron chi connectivity index (χ1n) is 8.59. The molecule has 0 heterocycles. The number of benzene rings is 1. The number of carbonyl (C=O) groups is 1. The minimum Gasteiger partial charge on any atom is -0.461 e. The molecule has 3 aliphatic rings. The fourth-order valence-electron chi connectivity index (χ4n) is 5.59. The van der Waals surface area contributed by atoms with Gasteiger partial charge in [0.15, 0.2) is 0 Å². The second kappa shape index (κ2) is 5.69. The Morgan fingerprint density at radius 3 is 2.73 bits per heavy atom. The van der Waals surface area contributed by atoms with Gasteiger partial charge < -0.3 is 9.84 Å². The molecule has 0 amide bonds. The summed E-state index contributed by atoms with van der Waals surface area (Å²) in [6, 6.07) is 9.90. The molecular formula is C19H24O3. The Balaban J connectivity index is 1.38. The number of hydrogen-bond donors (Lipinski definition) is 1.